The van der Waals surface area contributed by atoms with Crippen molar-refractivity contribution in [3.05, 3.63) is 71.8 Å². The van der Waals surface area contributed by atoms with E-state index in [1.807, 2.05) is 55.5 Å². The third-order valence-corrected chi connectivity index (χ3v) is 6.24. The Morgan fingerprint density at radius 1 is 1.00 bits per heavy atom. The Balaban J connectivity index is 1.50. The van der Waals surface area contributed by atoms with E-state index in [2.05, 4.69) is 33.0 Å². The Morgan fingerprint density at radius 3 is 2.26 bits per heavy atom. The second-order valence-corrected chi connectivity index (χ2v) is 8.36. The Bertz CT molecular complexity index is 839. The summed E-state index contributed by atoms with van der Waals surface area (Å²) in [7, 11) is 0. The highest BCUT2D eigenvalue weighted by Crippen LogP contribution is 2.30. The van der Waals surface area contributed by atoms with Crippen molar-refractivity contribution >= 4 is 34.1 Å². The predicted octanol–water partition coefficient (Wildman–Crippen LogP) is 4.34. The number of nitrogens with zero attached hydrogens (tertiary/aromatic N) is 2. The molecule has 3 aromatic rings. The average Bonchev–Trinajstić information content (AvgIpc) is 3.18. The van der Waals surface area contributed by atoms with Gasteiger partial charge in [0.25, 0.3) is 0 Å². The summed E-state index contributed by atoms with van der Waals surface area (Å²) in [6.45, 7) is 3.25. The molecule has 2 aromatic carbocycles. The van der Waals surface area contributed by atoms with Gasteiger partial charge in [-0.05, 0) is 17.5 Å². The second kappa shape index (κ2) is 10.1. The van der Waals surface area contributed by atoms with Crippen LogP contribution in [0, 0.1) is 0 Å². The molecule has 0 spiro atoms. The molecule has 1 amide bonds. The van der Waals surface area contributed by atoms with Crippen molar-refractivity contribution in [1.82, 2.24) is 15.5 Å². The predicted molar refractivity (Wildman–Crippen MR) is 112 cm³/mol. The molecule has 2 N–H and O–H groups in total. The van der Waals surface area contributed by atoms with E-state index in [4.69, 9.17) is 0 Å². The van der Waals surface area contributed by atoms with E-state index >= 15 is 0 Å². The molecule has 0 aliphatic heterocycles. The molecule has 1 heterocycles. The number of aromatic nitrogens is 2. The summed E-state index contributed by atoms with van der Waals surface area (Å²) in [6, 6.07) is 20.1. The van der Waals surface area contributed by atoms with Gasteiger partial charge in [-0.25, -0.2) is 0 Å². The van der Waals surface area contributed by atoms with Crippen LogP contribution in [0.2, 0.25) is 0 Å². The first-order valence-electron chi connectivity index (χ1n) is 8.84. The lowest BCUT2D eigenvalue weighted by Crippen LogP contribution is -2.31. The lowest BCUT2D eigenvalue weighted by Gasteiger charge is -2.13. The highest BCUT2D eigenvalue weighted by molar-refractivity contribution is 8.02. The fourth-order valence-corrected chi connectivity index (χ4v) is 4.38. The molecule has 0 bridgehead atoms. The van der Waals surface area contributed by atoms with Crippen LogP contribution in [-0.2, 0) is 17.9 Å². The maximum Gasteiger partial charge on any atom is 0.233 e. The van der Waals surface area contributed by atoms with Crippen LogP contribution in [0.3, 0.4) is 0 Å². The Morgan fingerprint density at radius 2 is 1.63 bits per heavy atom. The molecule has 7 heteroatoms. The van der Waals surface area contributed by atoms with Gasteiger partial charge in [0.1, 0.15) is 0 Å². The van der Waals surface area contributed by atoms with Crippen LogP contribution in [0.5, 0.6) is 0 Å². The number of benzene rings is 2. The van der Waals surface area contributed by atoms with Crippen LogP contribution in [0.25, 0.3) is 0 Å². The smallest absolute Gasteiger partial charge is 0.233 e. The average molecular weight is 399 g/mol. The van der Waals surface area contributed by atoms with Crippen molar-refractivity contribution in [2.75, 3.05) is 5.32 Å². The normalized spacial score (nSPS) is 11.7. The number of amides is 1. The van der Waals surface area contributed by atoms with E-state index in [-0.39, 0.29) is 11.2 Å². The fourth-order valence-electron chi connectivity index (χ4n) is 2.45. The Hall–Kier alpha value is -2.38. The van der Waals surface area contributed by atoms with Crippen molar-refractivity contribution in [1.29, 1.82) is 0 Å². The molecular weight excluding hydrogens is 376 g/mol. The van der Waals surface area contributed by atoms with Crippen molar-refractivity contribution in [3.63, 3.8) is 0 Å². The molecule has 3 rings (SSSR count). The summed E-state index contributed by atoms with van der Waals surface area (Å²) in [5.74, 6) is 0.0281. The molecule has 0 aliphatic rings. The van der Waals surface area contributed by atoms with Gasteiger partial charge in [0.15, 0.2) is 4.34 Å². The number of nitrogens with one attached hydrogen (secondary N) is 2. The number of anilines is 1. The molecule has 0 aliphatic carbocycles. The zero-order chi connectivity index (χ0) is 18.9. The number of carbonyl (C=O) groups excluding carboxylic acids is 1. The number of thioether (sulfide) groups is 1. The lowest BCUT2D eigenvalue weighted by molar-refractivity contribution is -0.120. The van der Waals surface area contributed by atoms with E-state index in [0.717, 1.165) is 21.5 Å². The standard InChI is InChI=1S/C20H22N4OS2/c1-2-17(18(25)21-13-15-9-5-3-6-10-15)26-20-24-23-19(27-20)22-14-16-11-7-4-8-12-16/h3-12,17H,2,13-14H2,1H3,(H,21,25)(H,22,23). The highest BCUT2D eigenvalue weighted by atomic mass is 32.2. The summed E-state index contributed by atoms with van der Waals surface area (Å²) < 4.78 is 0.798. The van der Waals surface area contributed by atoms with Gasteiger partial charge in [-0.15, -0.1) is 10.2 Å². The fraction of sp³-hybridized carbons (Fsp3) is 0.250. The van der Waals surface area contributed by atoms with Gasteiger partial charge in [-0.1, -0.05) is 90.7 Å². The summed E-state index contributed by atoms with van der Waals surface area (Å²) in [5, 5.41) is 15.3. The molecule has 5 nitrogen and oxygen atoms in total. The van der Waals surface area contributed by atoms with Crippen LogP contribution in [0.15, 0.2) is 65.0 Å². The van der Waals surface area contributed by atoms with Crippen LogP contribution in [0.1, 0.15) is 24.5 Å². The maximum atomic E-state index is 12.5. The van der Waals surface area contributed by atoms with Crippen LogP contribution >= 0.6 is 23.1 Å². The highest BCUT2D eigenvalue weighted by Gasteiger charge is 2.20. The minimum Gasteiger partial charge on any atom is -0.356 e. The first-order chi connectivity index (χ1) is 13.2. The molecule has 0 fully saturated rings. The molecule has 1 atom stereocenters. The SMILES string of the molecule is CCC(Sc1nnc(NCc2ccccc2)s1)C(=O)NCc1ccccc1. The van der Waals surface area contributed by atoms with Gasteiger partial charge in [-0.3, -0.25) is 4.79 Å². The third kappa shape index (κ3) is 6.08. The Kier molecular flexibility index (Phi) is 7.24. The summed E-state index contributed by atoms with van der Waals surface area (Å²) in [5.41, 5.74) is 2.28. The van der Waals surface area contributed by atoms with E-state index in [1.54, 1.807) is 0 Å². The Labute approximate surface area is 167 Å². The largest absolute Gasteiger partial charge is 0.356 e. The maximum absolute atomic E-state index is 12.5. The van der Waals surface area contributed by atoms with Crippen molar-refractivity contribution in [2.24, 2.45) is 0 Å². The zero-order valence-electron chi connectivity index (χ0n) is 15.1. The van der Waals surface area contributed by atoms with Crippen LogP contribution < -0.4 is 10.6 Å². The number of hydrogen-bond acceptors (Lipinski definition) is 6. The van der Waals surface area contributed by atoms with Gasteiger partial charge in [0.2, 0.25) is 11.0 Å². The van der Waals surface area contributed by atoms with Gasteiger partial charge >= 0.3 is 0 Å². The van der Waals surface area contributed by atoms with E-state index in [9.17, 15) is 4.79 Å². The molecule has 0 saturated carbocycles. The van der Waals surface area contributed by atoms with Crippen LogP contribution in [0.4, 0.5) is 5.13 Å². The van der Waals surface area contributed by atoms with Crippen LogP contribution in [-0.4, -0.2) is 21.4 Å². The summed E-state index contributed by atoms with van der Waals surface area (Å²) in [6.07, 6.45) is 0.734. The van der Waals surface area contributed by atoms with Crippen molar-refractivity contribution in [2.45, 2.75) is 36.0 Å². The number of rotatable bonds is 9. The monoisotopic (exact) mass is 398 g/mol. The van der Waals surface area contributed by atoms with E-state index in [0.29, 0.717) is 13.1 Å². The van der Waals surface area contributed by atoms with Crippen molar-refractivity contribution < 1.29 is 4.79 Å². The van der Waals surface area contributed by atoms with Gasteiger partial charge in [0.05, 0.1) is 5.25 Å². The molecule has 1 aromatic heterocycles. The van der Waals surface area contributed by atoms with Gasteiger partial charge < -0.3 is 10.6 Å². The second-order valence-electron chi connectivity index (χ2n) is 5.93. The van der Waals surface area contributed by atoms with E-state index in [1.165, 1.54) is 28.7 Å². The summed E-state index contributed by atoms with van der Waals surface area (Å²) in [4.78, 5) is 12.5. The summed E-state index contributed by atoms with van der Waals surface area (Å²) >= 11 is 2.94. The minimum atomic E-state index is -0.177. The molecule has 1 unspecified atom stereocenters. The molecule has 0 radical (unpaired) electrons. The number of carbonyl (C=O) groups is 1. The third-order valence-electron chi connectivity index (χ3n) is 3.91. The quantitative estimate of drug-likeness (QED) is 0.525. The minimum absolute atomic E-state index is 0.0281. The topological polar surface area (TPSA) is 66.9 Å². The van der Waals surface area contributed by atoms with E-state index < -0.39 is 0 Å². The molecule has 27 heavy (non-hydrogen) atoms. The first-order valence-corrected chi connectivity index (χ1v) is 10.5. The zero-order valence-corrected chi connectivity index (χ0v) is 16.7. The number of hydrogen-bond donors (Lipinski definition) is 2. The van der Waals surface area contributed by atoms with Crippen molar-refractivity contribution in [3.8, 4) is 0 Å². The molecule has 140 valence electrons. The molecular formula is C20H22N4OS2. The van der Waals surface area contributed by atoms with Gasteiger partial charge in [-0.2, -0.15) is 0 Å². The lowest BCUT2D eigenvalue weighted by atomic mass is 10.2. The van der Waals surface area contributed by atoms with Gasteiger partial charge in [0, 0.05) is 13.1 Å². The first kappa shape index (κ1) is 19.4. The molecule has 0 saturated heterocycles.